The summed E-state index contributed by atoms with van der Waals surface area (Å²) in [5.41, 5.74) is 4.33. The van der Waals surface area contributed by atoms with Crippen molar-refractivity contribution >= 4 is 23.2 Å². The third kappa shape index (κ3) is 2.48. The summed E-state index contributed by atoms with van der Waals surface area (Å²) in [4.78, 5) is 0. The summed E-state index contributed by atoms with van der Waals surface area (Å²) in [6.45, 7) is 4.11. The van der Waals surface area contributed by atoms with Gasteiger partial charge in [-0.3, -0.25) is 5.10 Å². The molecule has 0 bridgehead atoms. The summed E-state index contributed by atoms with van der Waals surface area (Å²) in [5.74, 6) is 0. The first-order valence-electron chi connectivity index (χ1n) is 5.59. The van der Waals surface area contributed by atoms with Crippen molar-refractivity contribution < 1.29 is 0 Å². The van der Waals surface area contributed by atoms with Gasteiger partial charge in [-0.1, -0.05) is 36.2 Å². The maximum atomic E-state index is 6.18. The number of aryl methyl sites for hydroxylation is 2. The molecule has 0 radical (unpaired) electrons. The minimum Gasteiger partial charge on any atom is -0.282 e. The number of halogens is 2. The zero-order valence-electron chi connectivity index (χ0n) is 9.85. The monoisotopic (exact) mass is 268 g/mol. The summed E-state index contributed by atoms with van der Waals surface area (Å²) in [6.07, 6.45) is 1.63. The van der Waals surface area contributed by atoms with Crippen molar-refractivity contribution in [3.05, 3.63) is 50.8 Å². The molecule has 0 unspecified atom stereocenters. The van der Waals surface area contributed by atoms with E-state index in [1.54, 1.807) is 0 Å². The van der Waals surface area contributed by atoms with Gasteiger partial charge in [0.15, 0.2) is 0 Å². The maximum Gasteiger partial charge on any atom is 0.0657 e. The molecular formula is C13H14Cl2N2. The molecule has 0 atom stereocenters. The number of hydrogen-bond acceptors (Lipinski definition) is 1. The van der Waals surface area contributed by atoms with Gasteiger partial charge in [-0.05, 0) is 31.0 Å². The number of rotatable bonds is 3. The Balaban J connectivity index is 2.41. The van der Waals surface area contributed by atoms with Crippen LogP contribution in [0, 0.1) is 6.92 Å². The highest BCUT2D eigenvalue weighted by Crippen LogP contribution is 2.28. The molecule has 17 heavy (non-hydrogen) atoms. The molecule has 2 rings (SSSR count). The van der Waals surface area contributed by atoms with Crippen LogP contribution in [0.5, 0.6) is 0 Å². The molecule has 0 spiro atoms. The molecule has 0 aliphatic heterocycles. The molecule has 0 aliphatic rings. The van der Waals surface area contributed by atoms with Gasteiger partial charge in [-0.2, -0.15) is 5.10 Å². The largest absolute Gasteiger partial charge is 0.282 e. The van der Waals surface area contributed by atoms with Crippen LogP contribution >= 0.6 is 23.2 Å². The van der Waals surface area contributed by atoms with Crippen LogP contribution in [0.4, 0.5) is 0 Å². The van der Waals surface area contributed by atoms with Crippen molar-refractivity contribution in [1.82, 2.24) is 10.2 Å². The molecular weight excluding hydrogens is 255 g/mol. The van der Waals surface area contributed by atoms with E-state index in [1.807, 2.05) is 25.1 Å². The van der Waals surface area contributed by atoms with Crippen molar-refractivity contribution in [1.29, 1.82) is 0 Å². The van der Waals surface area contributed by atoms with Gasteiger partial charge >= 0.3 is 0 Å². The lowest BCUT2D eigenvalue weighted by atomic mass is 10.0. The first-order chi connectivity index (χ1) is 8.13. The fourth-order valence-corrected chi connectivity index (χ4v) is 2.44. The van der Waals surface area contributed by atoms with E-state index in [0.29, 0.717) is 10.0 Å². The summed E-state index contributed by atoms with van der Waals surface area (Å²) in [5, 5.41) is 8.71. The first-order valence-corrected chi connectivity index (χ1v) is 6.34. The standard InChI is InChI=1S/C13H14Cl2N2/c1-3-13-9(8(2)16-17-13)7-10-11(14)5-4-6-12(10)15/h4-6H,3,7H2,1-2H3,(H,16,17). The van der Waals surface area contributed by atoms with Crippen LogP contribution in [-0.2, 0) is 12.8 Å². The lowest BCUT2D eigenvalue weighted by Crippen LogP contribution is -1.95. The van der Waals surface area contributed by atoms with E-state index in [-0.39, 0.29) is 0 Å². The maximum absolute atomic E-state index is 6.18. The number of aromatic nitrogens is 2. The lowest BCUT2D eigenvalue weighted by Gasteiger charge is -2.07. The quantitative estimate of drug-likeness (QED) is 0.889. The van der Waals surface area contributed by atoms with Crippen LogP contribution < -0.4 is 0 Å². The van der Waals surface area contributed by atoms with Crippen LogP contribution in [0.1, 0.15) is 29.4 Å². The fraction of sp³-hybridized carbons (Fsp3) is 0.308. The third-order valence-corrected chi connectivity index (χ3v) is 3.62. The molecule has 0 aliphatic carbocycles. The van der Waals surface area contributed by atoms with Gasteiger partial charge in [0.05, 0.1) is 5.69 Å². The van der Waals surface area contributed by atoms with E-state index in [2.05, 4.69) is 17.1 Å². The zero-order valence-corrected chi connectivity index (χ0v) is 11.4. The summed E-state index contributed by atoms with van der Waals surface area (Å²) >= 11 is 12.4. The van der Waals surface area contributed by atoms with Crippen LogP contribution in [-0.4, -0.2) is 10.2 Å². The second-order valence-corrected chi connectivity index (χ2v) is 4.82. The van der Waals surface area contributed by atoms with Gasteiger partial charge in [0.25, 0.3) is 0 Å². The van der Waals surface area contributed by atoms with Gasteiger partial charge in [0.2, 0.25) is 0 Å². The Bertz CT molecular complexity index is 512. The lowest BCUT2D eigenvalue weighted by molar-refractivity contribution is 0.956. The van der Waals surface area contributed by atoms with Gasteiger partial charge in [-0.25, -0.2) is 0 Å². The molecule has 1 heterocycles. The fourth-order valence-electron chi connectivity index (χ4n) is 1.91. The van der Waals surface area contributed by atoms with Crippen molar-refractivity contribution in [3.63, 3.8) is 0 Å². The van der Waals surface area contributed by atoms with Gasteiger partial charge in [0.1, 0.15) is 0 Å². The van der Waals surface area contributed by atoms with Gasteiger partial charge in [-0.15, -0.1) is 0 Å². The van der Waals surface area contributed by atoms with Crippen LogP contribution in [0.2, 0.25) is 10.0 Å². The number of aromatic amines is 1. The number of H-pyrrole nitrogens is 1. The summed E-state index contributed by atoms with van der Waals surface area (Å²) in [7, 11) is 0. The topological polar surface area (TPSA) is 28.7 Å². The molecule has 2 nitrogen and oxygen atoms in total. The van der Waals surface area contributed by atoms with Crippen molar-refractivity contribution in [2.45, 2.75) is 26.7 Å². The highest BCUT2D eigenvalue weighted by atomic mass is 35.5. The second kappa shape index (κ2) is 5.11. The first kappa shape index (κ1) is 12.5. The Hall–Kier alpha value is -0.990. The normalized spacial score (nSPS) is 10.8. The van der Waals surface area contributed by atoms with Crippen LogP contribution in [0.3, 0.4) is 0 Å². The Kier molecular flexibility index (Phi) is 3.75. The van der Waals surface area contributed by atoms with Gasteiger partial charge < -0.3 is 0 Å². The molecule has 1 aromatic heterocycles. The van der Waals surface area contributed by atoms with Crippen molar-refractivity contribution in [2.75, 3.05) is 0 Å². The zero-order chi connectivity index (χ0) is 12.4. The summed E-state index contributed by atoms with van der Waals surface area (Å²) < 4.78 is 0. The third-order valence-electron chi connectivity index (χ3n) is 2.91. The van der Waals surface area contributed by atoms with E-state index in [4.69, 9.17) is 23.2 Å². The van der Waals surface area contributed by atoms with Gasteiger partial charge in [0, 0.05) is 27.7 Å². The Morgan fingerprint density at radius 3 is 2.41 bits per heavy atom. The van der Waals surface area contributed by atoms with E-state index in [9.17, 15) is 0 Å². The van der Waals surface area contributed by atoms with Crippen LogP contribution in [0.15, 0.2) is 18.2 Å². The predicted octanol–water partition coefficient (Wildman–Crippen LogP) is 4.18. The highest BCUT2D eigenvalue weighted by Gasteiger charge is 2.13. The number of nitrogens with zero attached hydrogens (tertiary/aromatic N) is 1. The van der Waals surface area contributed by atoms with Crippen molar-refractivity contribution in [2.24, 2.45) is 0 Å². The Morgan fingerprint density at radius 1 is 1.18 bits per heavy atom. The van der Waals surface area contributed by atoms with E-state index < -0.39 is 0 Å². The van der Waals surface area contributed by atoms with Crippen LogP contribution in [0.25, 0.3) is 0 Å². The molecule has 4 heteroatoms. The molecule has 0 saturated heterocycles. The molecule has 1 aromatic carbocycles. The average molecular weight is 269 g/mol. The van der Waals surface area contributed by atoms with E-state index >= 15 is 0 Å². The molecule has 0 amide bonds. The Labute approximate surface area is 111 Å². The Morgan fingerprint density at radius 2 is 1.82 bits per heavy atom. The minimum absolute atomic E-state index is 0.708. The highest BCUT2D eigenvalue weighted by molar-refractivity contribution is 6.36. The predicted molar refractivity (Wildman–Crippen MR) is 72.0 cm³/mol. The smallest absolute Gasteiger partial charge is 0.0657 e. The number of hydrogen-bond donors (Lipinski definition) is 1. The SMILES string of the molecule is CCc1n[nH]c(C)c1Cc1c(Cl)cccc1Cl. The molecule has 0 fully saturated rings. The molecule has 90 valence electrons. The van der Waals surface area contributed by atoms with Crippen molar-refractivity contribution in [3.8, 4) is 0 Å². The molecule has 0 saturated carbocycles. The summed E-state index contributed by atoms with van der Waals surface area (Å²) in [6, 6.07) is 5.59. The molecule has 1 N–H and O–H groups in total. The number of nitrogens with one attached hydrogen (secondary N) is 1. The van der Waals surface area contributed by atoms with E-state index in [1.165, 1.54) is 5.56 Å². The minimum atomic E-state index is 0.708. The average Bonchev–Trinajstić information content (AvgIpc) is 2.65. The second-order valence-electron chi connectivity index (χ2n) is 4.00. The van der Waals surface area contributed by atoms with E-state index in [0.717, 1.165) is 29.8 Å². The number of benzene rings is 1. The molecule has 2 aromatic rings.